The lowest BCUT2D eigenvalue weighted by Crippen LogP contribution is -2.39. The van der Waals surface area contributed by atoms with Gasteiger partial charge in [-0.1, -0.05) is 19.8 Å². The zero-order valence-electron chi connectivity index (χ0n) is 12.9. The van der Waals surface area contributed by atoms with Gasteiger partial charge in [0, 0.05) is 12.1 Å². The minimum atomic E-state index is -0.416. The summed E-state index contributed by atoms with van der Waals surface area (Å²) < 4.78 is 5.28. The van der Waals surface area contributed by atoms with Gasteiger partial charge in [0.15, 0.2) is 0 Å². The van der Waals surface area contributed by atoms with E-state index in [2.05, 4.69) is 17.6 Å². The molecule has 4 heteroatoms. The molecule has 0 aromatic heterocycles. The van der Waals surface area contributed by atoms with Crippen LogP contribution in [0.4, 0.5) is 4.79 Å². The van der Waals surface area contributed by atoms with E-state index in [1.54, 1.807) is 0 Å². The minimum Gasteiger partial charge on any atom is -0.444 e. The van der Waals surface area contributed by atoms with Crippen LogP contribution >= 0.6 is 0 Å². The molecule has 0 radical (unpaired) electrons. The van der Waals surface area contributed by atoms with E-state index in [4.69, 9.17) is 4.74 Å². The van der Waals surface area contributed by atoms with E-state index in [9.17, 15) is 4.79 Å². The van der Waals surface area contributed by atoms with Crippen LogP contribution in [0.2, 0.25) is 0 Å². The van der Waals surface area contributed by atoms with Gasteiger partial charge in [-0.25, -0.2) is 4.79 Å². The molecule has 4 nitrogen and oxygen atoms in total. The summed E-state index contributed by atoms with van der Waals surface area (Å²) in [5.74, 6) is 0. The Morgan fingerprint density at radius 1 is 1.21 bits per heavy atom. The van der Waals surface area contributed by atoms with E-state index in [-0.39, 0.29) is 12.1 Å². The van der Waals surface area contributed by atoms with E-state index in [1.807, 2.05) is 20.8 Å². The number of hydrogen-bond acceptors (Lipinski definition) is 3. The van der Waals surface area contributed by atoms with Crippen LogP contribution in [0.5, 0.6) is 0 Å². The molecule has 0 heterocycles. The second kappa shape index (κ2) is 7.73. The largest absolute Gasteiger partial charge is 0.444 e. The maximum atomic E-state index is 11.7. The van der Waals surface area contributed by atoms with Crippen molar-refractivity contribution >= 4 is 6.09 Å². The average molecular weight is 270 g/mol. The Hall–Kier alpha value is -0.770. The van der Waals surface area contributed by atoms with Gasteiger partial charge in [-0.15, -0.1) is 0 Å². The van der Waals surface area contributed by atoms with E-state index in [0.717, 1.165) is 25.8 Å². The van der Waals surface area contributed by atoms with Crippen LogP contribution in [0, 0.1) is 0 Å². The van der Waals surface area contributed by atoms with Crippen LogP contribution in [0.3, 0.4) is 0 Å². The monoisotopic (exact) mass is 270 g/mol. The van der Waals surface area contributed by atoms with Crippen molar-refractivity contribution in [1.82, 2.24) is 10.6 Å². The van der Waals surface area contributed by atoms with Crippen LogP contribution in [-0.4, -0.2) is 30.3 Å². The average Bonchev–Trinajstić information content (AvgIpc) is 2.69. The molecular formula is C15H30N2O2. The molecule has 2 N–H and O–H groups in total. The summed E-state index contributed by atoms with van der Waals surface area (Å²) in [7, 11) is 0. The summed E-state index contributed by atoms with van der Waals surface area (Å²) in [6.45, 7) is 8.98. The molecule has 1 rings (SSSR count). The van der Waals surface area contributed by atoms with Gasteiger partial charge in [-0.05, 0) is 53.0 Å². The van der Waals surface area contributed by atoms with Crippen molar-refractivity contribution in [1.29, 1.82) is 0 Å². The fourth-order valence-corrected chi connectivity index (χ4v) is 2.45. The van der Waals surface area contributed by atoms with Gasteiger partial charge in [-0.2, -0.15) is 0 Å². The number of carbonyl (C=O) groups excluding carboxylic acids is 1. The van der Waals surface area contributed by atoms with Crippen LogP contribution in [0.15, 0.2) is 0 Å². The van der Waals surface area contributed by atoms with Crippen LogP contribution < -0.4 is 10.6 Å². The summed E-state index contributed by atoms with van der Waals surface area (Å²) >= 11 is 0. The first-order valence-electron chi connectivity index (χ1n) is 7.63. The smallest absolute Gasteiger partial charge is 0.407 e. The SMILES string of the molecule is CCCCCNC1CCC(NC(=O)OC(C)(C)C)C1. The van der Waals surface area contributed by atoms with Gasteiger partial charge < -0.3 is 15.4 Å². The summed E-state index contributed by atoms with van der Waals surface area (Å²) in [6, 6.07) is 0.815. The topological polar surface area (TPSA) is 50.4 Å². The lowest BCUT2D eigenvalue weighted by Gasteiger charge is -2.21. The molecule has 0 aliphatic heterocycles. The van der Waals surface area contributed by atoms with E-state index in [1.165, 1.54) is 19.3 Å². The predicted molar refractivity (Wildman–Crippen MR) is 78.3 cm³/mol. The van der Waals surface area contributed by atoms with E-state index >= 15 is 0 Å². The summed E-state index contributed by atoms with van der Waals surface area (Å²) in [6.07, 6.45) is 6.72. The molecule has 1 fully saturated rings. The highest BCUT2D eigenvalue weighted by Gasteiger charge is 2.27. The molecular weight excluding hydrogens is 240 g/mol. The number of hydrogen-bond donors (Lipinski definition) is 2. The third-order valence-electron chi connectivity index (χ3n) is 3.37. The molecule has 1 amide bonds. The van der Waals surface area contributed by atoms with Gasteiger partial charge in [0.25, 0.3) is 0 Å². The Labute approximate surface area is 117 Å². The quantitative estimate of drug-likeness (QED) is 0.729. The second-order valence-corrected chi connectivity index (χ2v) is 6.51. The molecule has 0 bridgehead atoms. The van der Waals surface area contributed by atoms with E-state index in [0.29, 0.717) is 6.04 Å². The first-order chi connectivity index (χ1) is 8.90. The predicted octanol–water partition coefficient (Wildman–Crippen LogP) is 3.21. The van der Waals surface area contributed by atoms with Crippen molar-refractivity contribution in [3.05, 3.63) is 0 Å². The number of rotatable bonds is 6. The Morgan fingerprint density at radius 3 is 2.53 bits per heavy atom. The maximum absolute atomic E-state index is 11.7. The molecule has 0 aromatic carbocycles. The molecule has 112 valence electrons. The molecule has 0 spiro atoms. The molecule has 1 aliphatic carbocycles. The Balaban J connectivity index is 2.16. The first-order valence-corrected chi connectivity index (χ1v) is 7.63. The van der Waals surface area contributed by atoms with Gasteiger partial charge >= 0.3 is 6.09 Å². The standard InChI is InChI=1S/C15H30N2O2/c1-5-6-7-10-16-12-8-9-13(11-12)17-14(18)19-15(2,3)4/h12-13,16H,5-11H2,1-4H3,(H,17,18). The third-order valence-corrected chi connectivity index (χ3v) is 3.37. The Kier molecular flexibility index (Phi) is 6.63. The van der Waals surface area contributed by atoms with Crippen LogP contribution in [0.25, 0.3) is 0 Å². The Bertz CT molecular complexity index is 274. The fraction of sp³-hybridized carbons (Fsp3) is 0.933. The van der Waals surface area contributed by atoms with Crippen molar-refractivity contribution in [3.63, 3.8) is 0 Å². The third kappa shape index (κ3) is 7.41. The van der Waals surface area contributed by atoms with Gasteiger partial charge in [0.1, 0.15) is 5.60 Å². The molecule has 2 unspecified atom stereocenters. The number of unbranched alkanes of at least 4 members (excludes halogenated alkanes) is 2. The van der Waals surface area contributed by atoms with E-state index < -0.39 is 5.60 Å². The van der Waals surface area contributed by atoms with Gasteiger partial charge in [0.2, 0.25) is 0 Å². The highest BCUT2D eigenvalue weighted by Crippen LogP contribution is 2.20. The van der Waals surface area contributed by atoms with Crippen molar-refractivity contribution in [3.8, 4) is 0 Å². The summed E-state index contributed by atoms with van der Waals surface area (Å²) in [4.78, 5) is 11.7. The van der Waals surface area contributed by atoms with Gasteiger partial charge in [-0.3, -0.25) is 0 Å². The number of carbonyl (C=O) groups is 1. The fourth-order valence-electron chi connectivity index (χ4n) is 2.45. The number of nitrogens with one attached hydrogen (secondary N) is 2. The Morgan fingerprint density at radius 2 is 1.89 bits per heavy atom. The van der Waals surface area contributed by atoms with Crippen molar-refractivity contribution in [2.75, 3.05) is 6.54 Å². The normalized spacial score (nSPS) is 23.4. The molecule has 0 saturated heterocycles. The van der Waals surface area contributed by atoms with Crippen molar-refractivity contribution in [2.45, 2.75) is 83.9 Å². The molecule has 2 atom stereocenters. The second-order valence-electron chi connectivity index (χ2n) is 6.51. The minimum absolute atomic E-state index is 0.263. The van der Waals surface area contributed by atoms with Crippen molar-refractivity contribution in [2.24, 2.45) is 0 Å². The van der Waals surface area contributed by atoms with Crippen molar-refractivity contribution < 1.29 is 9.53 Å². The zero-order chi connectivity index (χ0) is 14.3. The summed E-state index contributed by atoms with van der Waals surface area (Å²) in [5.41, 5.74) is -0.416. The molecule has 0 aromatic rings. The highest BCUT2D eigenvalue weighted by molar-refractivity contribution is 5.68. The number of amides is 1. The molecule has 19 heavy (non-hydrogen) atoms. The van der Waals surface area contributed by atoms with Crippen LogP contribution in [0.1, 0.15) is 66.2 Å². The lowest BCUT2D eigenvalue weighted by molar-refractivity contribution is 0.0505. The first kappa shape index (κ1) is 16.3. The summed E-state index contributed by atoms with van der Waals surface area (Å²) in [5, 5.41) is 6.54. The number of ether oxygens (including phenoxy) is 1. The molecule has 1 aliphatic rings. The van der Waals surface area contributed by atoms with Gasteiger partial charge in [0.05, 0.1) is 0 Å². The highest BCUT2D eigenvalue weighted by atomic mass is 16.6. The number of alkyl carbamates (subject to hydrolysis) is 1. The zero-order valence-corrected chi connectivity index (χ0v) is 12.9. The molecule has 1 saturated carbocycles. The van der Waals surface area contributed by atoms with Crippen LogP contribution in [-0.2, 0) is 4.74 Å². The lowest BCUT2D eigenvalue weighted by atomic mass is 10.2. The maximum Gasteiger partial charge on any atom is 0.407 e.